The standard InChI is InChI=1S/C15H17N3O3/c1-11-5-3-4-6-12(11)9-17(2)14(20)10-18-8-7-13(19)16-15(18)21/h3-8H,9-10H2,1-2H3,(H,16,19,21). The van der Waals surface area contributed by atoms with Crippen LogP contribution in [0.5, 0.6) is 0 Å². The molecule has 6 heteroatoms. The maximum atomic E-state index is 12.1. The molecule has 1 amide bonds. The lowest BCUT2D eigenvalue weighted by Gasteiger charge is -2.19. The van der Waals surface area contributed by atoms with E-state index in [1.54, 1.807) is 11.9 Å². The number of aromatic nitrogens is 2. The van der Waals surface area contributed by atoms with Crippen molar-refractivity contribution in [2.24, 2.45) is 0 Å². The summed E-state index contributed by atoms with van der Waals surface area (Å²) >= 11 is 0. The molecule has 2 rings (SSSR count). The second-order valence-corrected chi connectivity index (χ2v) is 4.91. The zero-order chi connectivity index (χ0) is 15.4. The molecule has 0 radical (unpaired) electrons. The number of nitrogens with one attached hydrogen (secondary N) is 1. The Bertz CT molecular complexity index is 761. The van der Waals surface area contributed by atoms with Gasteiger partial charge in [0.25, 0.3) is 5.56 Å². The summed E-state index contributed by atoms with van der Waals surface area (Å²) in [5, 5.41) is 0. The van der Waals surface area contributed by atoms with E-state index in [0.717, 1.165) is 11.1 Å². The lowest BCUT2D eigenvalue weighted by molar-refractivity contribution is -0.131. The SMILES string of the molecule is Cc1ccccc1CN(C)C(=O)Cn1ccc(=O)[nH]c1=O. The van der Waals surface area contributed by atoms with Crippen molar-refractivity contribution in [2.75, 3.05) is 7.05 Å². The predicted octanol–water partition coefficient (Wildman–Crippen LogP) is 0.504. The van der Waals surface area contributed by atoms with E-state index in [1.807, 2.05) is 31.2 Å². The van der Waals surface area contributed by atoms with Crippen LogP contribution in [0.2, 0.25) is 0 Å². The van der Waals surface area contributed by atoms with E-state index < -0.39 is 11.2 Å². The molecular formula is C15H17N3O3. The van der Waals surface area contributed by atoms with Crippen LogP contribution in [0.3, 0.4) is 0 Å². The molecule has 2 aromatic rings. The van der Waals surface area contributed by atoms with Crippen molar-refractivity contribution in [2.45, 2.75) is 20.0 Å². The minimum absolute atomic E-state index is 0.0992. The first-order chi connectivity index (χ1) is 9.97. The number of likely N-dealkylation sites (N-methyl/N-ethyl adjacent to an activating group) is 1. The molecule has 0 aliphatic rings. The maximum Gasteiger partial charge on any atom is 0.328 e. The van der Waals surface area contributed by atoms with Gasteiger partial charge < -0.3 is 4.90 Å². The highest BCUT2D eigenvalue weighted by Crippen LogP contribution is 2.09. The highest BCUT2D eigenvalue weighted by molar-refractivity contribution is 5.75. The third-order valence-corrected chi connectivity index (χ3v) is 3.30. The van der Waals surface area contributed by atoms with Crippen LogP contribution in [-0.4, -0.2) is 27.4 Å². The van der Waals surface area contributed by atoms with Crippen LogP contribution in [0.4, 0.5) is 0 Å². The molecule has 1 aromatic heterocycles. The highest BCUT2D eigenvalue weighted by Gasteiger charge is 2.11. The van der Waals surface area contributed by atoms with Gasteiger partial charge in [-0.25, -0.2) is 4.79 Å². The van der Waals surface area contributed by atoms with Crippen molar-refractivity contribution in [3.63, 3.8) is 0 Å². The average molecular weight is 287 g/mol. The summed E-state index contributed by atoms with van der Waals surface area (Å²) in [6.45, 7) is 2.36. The van der Waals surface area contributed by atoms with E-state index in [2.05, 4.69) is 4.98 Å². The van der Waals surface area contributed by atoms with E-state index in [-0.39, 0.29) is 12.5 Å². The molecule has 1 N–H and O–H groups in total. The Morgan fingerprint density at radius 2 is 1.95 bits per heavy atom. The summed E-state index contributed by atoms with van der Waals surface area (Å²) in [5.74, 6) is -0.201. The number of aromatic amines is 1. The van der Waals surface area contributed by atoms with E-state index in [0.29, 0.717) is 6.54 Å². The van der Waals surface area contributed by atoms with Crippen LogP contribution in [0.1, 0.15) is 11.1 Å². The van der Waals surface area contributed by atoms with Gasteiger partial charge in [0.05, 0.1) is 0 Å². The van der Waals surface area contributed by atoms with E-state index >= 15 is 0 Å². The van der Waals surface area contributed by atoms with Crippen molar-refractivity contribution in [1.29, 1.82) is 0 Å². The Hall–Kier alpha value is -2.63. The smallest absolute Gasteiger partial charge is 0.328 e. The van der Waals surface area contributed by atoms with Crippen LogP contribution in [-0.2, 0) is 17.9 Å². The van der Waals surface area contributed by atoms with Gasteiger partial charge in [-0.15, -0.1) is 0 Å². The van der Waals surface area contributed by atoms with Crippen molar-refractivity contribution in [3.8, 4) is 0 Å². The van der Waals surface area contributed by atoms with Gasteiger partial charge in [0.1, 0.15) is 6.54 Å². The number of amides is 1. The molecule has 21 heavy (non-hydrogen) atoms. The molecule has 0 fully saturated rings. The van der Waals surface area contributed by atoms with Gasteiger partial charge in [-0.2, -0.15) is 0 Å². The number of benzene rings is 1. The lowest BCUT2D eigenvalue weighted by Crippen LogP contribution is -2.36. The van der Waals surface area contributed by atoms with Gasteiger partial charge in [-0.1, -0.05) is 24.3 Å². The molecule has 0 saturated carbocycles. The van der Waals surface area contributed by atoms with Crippen molar-refractivity contribution >= 4 is 5.91 Å². The Kier molecular flexibility index (Phi) is 4.37. The molecule has 0 unspecified atom stereocenters. The first kappa shape index (κ1) is 14.8. The third kappa shape index (κ3) is 3.68. The molecule has 0 aliphatic heterocycles. The van der Waals surface area contributed by atoms with E-state index in [9.17, 15) is 14.4 Å². The van der Waals surface area contributed by atoms with Crippen molar-refractivity contribution in [3.05, 3.63) is 68.5 Å². The largest absolute Gasteiger partial charge is 0.340 e. The Balaban J connectivity index is 2.08. The fraction of sp³-hybridized carbons (Fsp3) is 0.267. The molecule has 0 aliphatic carbocycles. The van der Waals surface area contributed by atoms with Crippen LogP contribution in [0.25, 0.3) is 0 Å². The molecule has 6 nitrogen and oxygen atoms in total. The summed E-state index contributed by atoms with van der Waals surface area (Å²) < 4.78 is 1.18. The van der Waals surface area contributed by atoms with Gasteiger partial charge in [0.15, 0.2) is 0 Å². The van der Waals surface area contributed by atoms with Crippen LogP contribution in [0, 0.1) is 6.92 Å². The zero-order valence-corrected chi connectivity index (χ0v) is 12.0. The number of H-pyrrole nitrogens is 1. The average Bonchev–Trinajstić information content (AvgIpc) is 2.44. The number of hydrogen-bond acceptors (Lipinski definition) is 3. The number of aryl methyl sites for hydroxylation is 1. The molecular weight excluding hydrogens is 270 g/mol. The summed E-state index contributed by atoms with van der Waals surface area (Å²) in [4.78, 5) is 38.3. The summed E-state index contributed by atoms with van der Waals surface area (Å²) in [5.41, 5.74) is 1.11. The van der Waals surface area contributed by atoms with E-state index in [1.165, 1.54) is 16.8 Å². The number of carbonyl (C=O) groups is 1. The second-order valence-electron chi connectivity index (χ2n) is 4.91. The first-order valence-corrected chi connectivity index (χ1v) is 6.55. The Labute approximate surface area is 121 Å². The van der Waals surface area contributed by atoms with Crippen LogP contribution in [0.15, 0.2) is 46.1 Å². The van der Waals surface area contributed by atoms with E-state index in [4.69, 9.17) is 0 Å². The zero-order valence-electron chi connectivity index (χ0n) is 12.0. The molecule has 1 heterocycles. The quantitative estimate of drug-likeness (QED) is 0.890. The molecule has 0 saturated heterocycles. The number of carbonyl (C=O) groups excluding carboxylic acids is 1. The molecule has 0 spiro atoms. The molecule has 1 aromatic carbocycles. The van der Waals surface area contributed by atoms with Gasteiger partial charge in [0, 0.05) is 25.9 Å². The monoisotopic (exact) mass is 287 g/mol. The number of rotatable bonds is 4. The summed E-state index contributed by atoms with van der Waals surface area (Å²) in [6, 6.07) is 9.04. The van der Waals surface area contributed by atoms with Crippen molar-refractivity contribution in [1.82, 2.24) is 14.5 Å². The van der Waals surface area contributed by atoms with Gasteiger partial charge in [-0.3, -0.25) is 19.1 Å². The summed E-state index contributed by atoms with van der Waals surface area (Å²) in [6.07, 6.45) is 1.32. The molecule has 0 atom stereocenters. The summed E-state index contributed by atoms with van der Waals surface area (Å²) in [7, 11) is 1.69. The first-order valence-electron chi connectivity index (χ1n) is 6.55. The second kappa shape index (κ2) is 6.21. The third-order valence-electron chi connectivity index (χ3n) is 3.30. The maximum absolute atomic E-state index is 12.1. The van der Waals surface area contributed by atoms with Crippen LogP contribution >= 0.6 is 0 Å². The highest BCUT2D eigenvalue weighted by atomic mass is 16.2. The molecule has 0 bridgehead atoms. The molecule has 110 valence electrons. The topological polar surface area (TPSA) is 75.2 Å². The Morgan fingerprint density at radius 1 is 1.24 bits per heavy atom. The van der Waals surface area contributed by atoms with Crippen molar-refractivity contribution < 1.29 is 4.79 Å². The predicted molar refractivity (Wildman–Crippen MR) is 79.0 cm³/mol. The van der Waals surface area contributed by atoms with Gasteiger partial charge in [-0.05, 0) is 18.1 Å². The fourth-order valence-corrected chi connectivity index (χ4v) is 1.97. The fourth-order valence-electron chi connectivity index (χ4n) is 1.97. The number of nitrogens with zero attached hydrogens (tertiary/aromatic N) is 2. The normalized spacial score (nSPS) is 10.4. The number of hydrogen-bond donors (Lipinski definition) is 1. The lowest BCUT2D eigenvalue weighted by atomic mass is 10.1. The van der Waals surface area contributed by atoms with Crippen LogP contribution < -0.4 is 11.2 Å². The minimum Gasteiger partial charge on any atom is -0.340 e. The Morgan fingerprint density at radius 3 is 2.62 bits per heavy atom. The van der Waals surface area contributed by atoms with Gasteiger partial charge in [0.2, 0.25) is 5.91 Å². The van der Waals surface area contributed by atoms with Gasteiger partial charge >= 0.3 is 5.69 Å². The minimum atomic E-state index is -0.583.